The van der Waals surface area contributed by atoms with E-state index in [1.807, 2.05) is 18.2 Å². The van der Waals surface area contributed by atoms with Crippen molar-refractivity contribution >= 4 is 40.7 Å². The van der Waals surface area contributed by atoms with Crippen LogP contribution >= 0.6 is 23.4 Å². The van der Waals surface area contributed by atoms with Crippen molar-refractivity contribution in [2.24, 2.45) is 0 Å². The number of ketones is 1. The number of amides is 1. The molecule has 0 bridgehead atoms. The number of carbonyl (C=O) groups excluding carboxylic acids is 2. The number of hydrogen-bond acceptors (Lipinski definition) is 6. The summed E-state index contributed by atoms with van der Waals surface area (Å²) in [5, 5.41) is 11.8. The Bertz CT molecular complexity index is 1280. The quantitative estimate of drug-likeness (QED) is 0.241. The van der Waals surface area contributed by atoms with E-state index in [-0.39, 0.29) is 17.4 Å². The Hall–Kier alpha value is -3.62. The summed E-state index contributed by atoms with van der Waals surface area (Å²) < 4.78 is 1.30. The largest absolute Gasteiger partial charge is 0.335 e. The molecule has 0 radical (unpaired) electrons. The van der Waals surface area contributed by atoms with Gasteiger partial charge >= 0.3 is 0 Å². The number of nitrogens with one attached hydrogen (secondary N) is 1. The van der Waals surface area contributed by atoms with Gasteiger partial charge in [0.25, 0.3) is 0 Å². The van der Waals surface area contributed by atoms with E-state index in [4.69, 9.17) is 17.4 Å². The first-order chi connectivity index (χ1) is 15.5. The first-order valence-corrected chi connectivity index (χ1v) is 11.0. The molecule has 32 heavy (non-hydrogen) atoms. The summed E-state index contributed by atoms with van der Waals surface area (Å²) in [6.07, 6.45) is 0. The van der Waals surface area contributed by atoms with Crippen molar-refractivity contribution in [2.75, 3.05) is 16.9 Å². The maximum absolute atomic E-state index is 12.8. The number of carbonyl (C=O) groups is 2. The van der Waals surface area contributed by atoms with Gasteiger partial charge in [-0.15, -0.1) is 10.2 Å². The zero-order valence-corrected chi connectivity index (χ0v) is 18.3. The van der Waals surface area contributed by atoms with Crippen LogP contribution in [-0.2, 0) is 4.79 Å². The summed E-state index contributed by atoms with van der Waals surface area (Å²) in [7, 11) is 0. The standard InChI is InChI=1S/C23H18ClN5O2S/c24-18-12-6-4-10-16(18)22-27-28-23(29(22)25)32-14-20(30)26-19-13-7-5-11-17(19)21(31)15-8-2-1-3-9-15/h1-13H,14,25H2,(H,26,30). The molecule has 9 heteroatoms. The SMILES string of the molecule is Nn1c(SCC(=O)Nc2ccccc2C(=O)c2ccccc2)nnc1-c1ccccc1Cl. The fourth-order valence-corrected chi connectivity index (χ4v) is 3.93. The van der Waals surface area contributed by atoms with E-state index in [9.17, 15) is 9.59 Å². The summed E-state index contributed by atoms with van der Waals surface area (Å²) in [5.74, 6) is 6.07. The monoisotopic (exact) mass is 463 g/mol. The summed E-state index contributed by atoms with van der Waals surface area (Å²) in [4.78, 5) is 25.4. The third-order valence-corrected chi connectivity index (χ3v) is 5.87. The minimum Gasteiger partial charge on any atom is -0.335 e. The number of nitrogen functional groups attached to an aromatic ring is 1. The molecule has 0 spiro atoms. The molecule has 4 aromatic rings. The molecule has 0 atom stereocenters. The van der Waals surface area contributed by atoms with Crippen molar-refractivity contribution in [3.05, 3.63) is 95.0 Å². The van der Waals surface area contributed by atoms with Crippen LogP contribution in [0.4, 0.5) is 5.69 Å². The number of aromatic nitrogens is 3. The first-order valence-electron chi connectivity index (χ1n) is 9.61. The van der Waals surface area contributed by atoms with E-state index < -0.39 is 0 Å². The smallest absolute Gasteiger partial charge is 0.234 e. The maximum Gasteiger partial charge on any atom is 0.234 e. The van der Waals surface area contributed by atoms with Crippen molar-refractivity contribution in [1.82, 2.24) is 14.9 Å². The number of benzene rings is 3. The van der Waals surface area contributed by atoms with E-state index in [1.165, 1.54) is 4.68 Å². The average Bonchev–Trinajstić information content (AvgIpc) is 3.18. The molecular formula is C23H18ClN5O2S. The van der Waals surface area contributed by atoms with Crippen molar-refractivity contribution in [2.45, 2.75) is 5.16 Å². The molecule has 1 aromatic heterocycles. The zero-order chi connectivity index (χ0) is 22.5. The Morgan fingerprint density at radius 3 is 2.41 bits per heavy atom. The molecule has 0 aliphatic carbocycles. The predicted molar refractivity (Wildman–Crippen MR) is 126 cm³/mol. The highest BCUT2D eigenvalue weighted by Gasteiger charge is 2.17. The van der Waals surface area contributed by atoms with Crippen LogP contribution in [0, 0.1) is 0 Å². The number of nitrogens with zero attached hydrogens (tertiary/aromatic N) is 3. The molecule has 3 aromatic carbocycles. The minimum absolute atomic E-state index is 0.0334. The van der Waals surface area contributed by atoms with Gasteiger partial charge in [0.15, 0.2) is 11.6 Å². The third kappa shape index (κ3) is 4.66. The molecule has 3 N–H and O–H groups in total. The van der Waals surface area contributed by atoms with E-state index >= 15 is 0 Å². The number of halogens is 1. The lowest BCUT2D eigenvalue weighted by Gasteiger charge is -2.10. The lowest BCUT2D eigenvalue weighted by atomic mass is 10.0. The number of nitrogens with two attached hydrogens (primary N) is 1. The number of hydrogen-bond donors (Lipinski definition) is 2. The van der Waals surface area contributed by atoms with Crippen LogP contribution in [0.25, 0.3) is 11.4 Å². The second-order valence-electron chi connectivity index (χ2n) is 6.73. The van der Waals surface area contributed by atoms with Gasteiger partial charge in [0.1, 0.15) is 0 Å². The van der Waals surface area contributed by atoms with Gasteiger partial charge in [-0.05, 0) is 24.3 Å². The van der Waals surface area contributed by atoms with Crippen LogP contribution in [0.15, 0.2) is 84.0 Å². The number of para-hydroxylation sites is 1. The minimum atomic E-state index is -0.300. The summed E-state index contributed by atoms with van der Waals surface area (Å²) in [5.41, 5.74) is 2.05. The Balaban J connectivity index is 1.45. The van der Waals surface area contributed by atoms with Gasteiger partial charge in [0.2, 0.25) is 11.1 Å². The van der Waals surface area contributed by atoms with Gasteiger partial charge in [-0.3, -0.25) is 9.59 Å². The lowest BCUT2D eigenvalue weighted by Crippen LogP contribution is -2.18. The van der Waals surface area contributed by atoms with Crippen LogP contribution in [0.1, 0.15) is 15.9 Å². The summed E-state index contributed by atoms with van der Waals surface area (Å²) in [6.45, 7) is 0. The molecule has 4 rings (SSSR count). The topological polar surface area (TPSA) is 103 Å². The van der Waals surface area contributed by atoms with E-state index in [0.717, 1.165) is 11.8 Å². The molecular weight excluding hydrogens is 446 g/mol. The Kier molecular flexibility index (Phi) is 6.53. The molecule has 0 saturated heterocycles. The molecule has 0 aliphatic rings. The molecule has 7 nitrogen and oxygen atoms in total. The molecule has 0 fully saturated rings. The van der Waals surface area contributed by atoms with Gasteiger partial charge in [-0.1, -0.05) is 78.0 Å². The normalized spacial score (nSPS) is 10.7. The number of rotatable bonds is 7. The lowest BCUT2D eigenvalue weighted by molar-refractivity contribution is -0.113. The van der Waals surface area contributed by atoms with Crippen molar-refractivity contribution in [3.8, 4) is 11.4 Å². The van der Waals surface area contributed by atoms with Crippen LogP contribution in [0.5, 0.6) is 0 Å². The molecule has 1 amide bonds. The van der Waals surface area contributed by atoms with Gasteiger partial charge in [-0.25, -0.2) is 4.68 Å². The van der Waals surface area contributed by atoms with Gasteiger partial charge < -0.3 is 11.2 Å². The predicted octanol–water partition coefficient (Wildman–Crippen LogP) is 4.27. The number of anilines is 1. The maximum atomic E-state index is 12.8. The van der Waals surface area contributed by atoms with Crippen LogP contribution in [0.3, 0.4) is 0 Å². The molecule has 0 aliphatic heterocycles. The second-order valence-corrected chi connectivity index (χ2v) is 8.08. The van der Waals surface area contributed by atoms with E-state index in [2.05, 4.69) is 15.5 Å². The third-order valence-electron chi connectivity index (χ3n) is 4.59. The van der Waals surface area contributed by atoms with Crippen molar-refractivity contribution in [1.29, 1.82) is 0 Å². The highest BCUT2D eigenvalue weighted by Crippen LogP contribution is 2.27. The van der Waals surface area contributed by atoms with Gasteiger partial charge in [0.05, 0.1) is 16.5 Å². The highest BCUT2D eigenvalue weighted by molar-refractivity contribution is 7.99. The zero-order valence-electron chi connectivity index (χ0n) is 16.7. The van der Waals surface area contributed by atoms with E-state index in [0.29, 0.717) is 38.4 Å². The summed E-state index contributed by atoms with van der Waals surface area (Å²) >= 11 is 7.34. The van der Waals surface area contributed by atoms with Crippen molar-refractivity contribution in [3.63, 3.8) is 0 Å². The molecule has 0 unspecified atom stereocenters. The van der Waals surface area contributed by atoms with Crippen LogP contribution < -0.4 is 11.2 Å². The number of thioether (sulfide) groups is 1. The summed E-state index contributed by atoms with van der Waals surface area (Å²) in [6, 6.07) is 23.0. The van der Waals surface area contributed by atoms with Gasteiger partial charge in [-0.2, -0.15) is 0 Å². The van der Waals surface area contributed by atoms with Crippen LogP contribution in [-0.4, -0.2) is 32.3 Å². The van der Waals surface area contributed by atoms with Crippen LogP contribution in [0.2, 0.25) is 5.02 Å². The highest BCUT2D eigenvalue weighted by atomic mass is 35.5. The fourth-order valence-electron chi connectivity index (χ4n) is 3.05. The Morgan fingerprint density at radius 1 is 0.938 bits per heavy atom. The first kappa shape index (κ1) is 21.6. The van der Waals surface area contributed by atoms with Gasteiger partial charge in [0, 0.05) is 16.7 Å². The molecule has 0 saturated carbocycles. The van der Waals surface area contributed by atoms with E-state index in [1.54, 1.807) is 60.7 Å². The fraction of sp³-hybridized carbons (Fsp3) is 0.0435. The Morgan fingerprint density at radius 2 is 1.62 bits per heavy atom. The molecule has 160 valence electrons. The average molecular weight is 464 g/mol. The second kappa shape index (κ2) is 9.67. The Labute approximate surface area is 193 Å². The molecule has 1 heterocycles. The van der Waals surface area contributed by atoms with Crippen molar-refractivity contribution < 1.29 is 9.59 Å².